The monoisotopic (exact) mass is 179 g/mol. The number of benzene rings is 1. The third-order valence-corrected chi connectivity index (χ3v) is 1.89. The number of hydrogen-bond acceptors (Lipinski definition) is 3. The lowest BCUT2D eigenvalue weighted by molar-refractivity contribution is -0.142. The highest BCUT2D eigenvalue weighted by Crippen LogP contribution is 2.12. The molecule has 0 unspecified atom stereocenters. The van der Waals surface area contributed by atoms with Crippen LogP contribution in [-0.4, -0.2) is 13.1 Å². The van der Waals surface area contributed by atoms with Gasteiger partial charge in [-0.25, -0.2) is 0 Å². The molecular weight excluding hydrogens is 166 g/mol. The van der Waals surface area contributed by atoms with Crippen molar-refractivity contribution in [3.05, 3.63) is 35.4 Å². The van der Waals surface area contributed by atoms with Crippen molar-refractivity contribution < 1.29 is 9.53 Å². The standard InChI is InChI=1S/C10H13NO2/c1-7-3-5-8(6-4-7)9(11)10(12)13-2/h3-6,9H,11H2,1-2H3/t9-/m1/s1. The molecule has 0 aliphatic carbocycles. The Morgan fingerprint density at radius 3 is 2.38 bits per heavy atom. The van der Waals surface area contributed by atoms with Crippen LogP contribution in [0.2, 0.25) is 0 Å². The molecule has 0 spiro atoms. The summed E-state index contributed by atoms with van der Waals surface area (Å²) in [6.45, 7) is 1.98. The molecule has 0 saturated carbocycles. The number of carbonyl (C=O) groups excluding carboxylic acids is 1. The van der Waals surface area contributed by atoms with E-state index in [1.165, 1.54) is 7.11 Å². The minimum absolute atomic E-state index is 0.413. The van der Waals surface area contributed by atoms with Gasteiger partial charge in [0, 0.05) is 0 Å². The van der Waals surface area contributed by atoms with E-state index < -0.39 is 12.0 Å². The van der Waals surface area contributed by atoms with Crippen LogP contribution in [0.4, 0.5) is 0 Å². The van der Waals surface area contributed by atoms with Crippen molar-refractivity contribution in [2.24, 2.45) is 5.73 Å². The molecule has 0 aliphatic rings. The SMILES string of the molecule is COC(=O)[C@H](N)c1ccc(C)cc1. The van der Waals surface area contributed by atoms with Gasteiger partial charge in [-0.1, -0.05) is 29.8 Å². The van der Waals surface area contributed by atoms with Crippen molar-refractivity contribution in [3.8, 4) is 0 Å². The Morgan fingerprint density at radius 2 is 1.92 bits per heavy atom. The molecule has 1 atom stereocenters. The van der Waals surface area contributed by atoms with E-state index >= 15 is 0 Å². The molecule has 0 saturated heterocycles. The number of ether oxygens (including phenoxy) is 1. The zero-order valence-corrected chi connectivity index (χ0v) is 7.78. The summed E-state index contributed by atoms with van der Waals surface area (Å²) in [4.78, 5) is 11.0. The van der Waals surface area contributed by atoms with Gasteiger partial charge in [-0.05, 0) is 12.5 Å². The maximum Gasteiger partial charge on any atom is 0.327 e. The Morgan fingerprint density at radius 1 is 1.38 bits per heavy atom. The van der Waals surface area contributed by atoms with E-state index in [-0.39, 0.29) is 0 Å². The van der Waals surface area contributed by atoms with Crippen molar-refractivity contribution in [1.82, 2.24) is 0 Å². The van der Waals surface area contributed by atoms with Crippen LogP contribution in [0, 0.1) is 6.92 Å². The summed E-state index contributed by atoms with van der Waals surface area (Å²) in [5.41, 5.74) is 7.54. The van der Waals surface area contributed by atoms with Crippen LogP contribution < -0.4 is 5.73 Å². The van der Waals surface area contributed by atoms with Crippen molar-refractivity contribution in [3.63, 3.8) is 0 Å². The van der Waals surface area contributed by atoms with Crippen molar-refractivity contribution >= 4 is 5.97 Å². The van der Waals surface area contributed by atoms with Gasteiger partial charge in [0.1, 0.15) is 6.04 Å². The molecule has 3 nitrogen and oxygen atoms in total. The normalized spacial score (nSPS) is 12.2. The van der Waals surface area contributed by atoms with Gasteiger partial charge in [0.15, 0.2) is 0 Å². The van der Waals surface area contributed by atoms with Gasteiger partial charge in [0.25, 0.3) is 0 Å². The first-order valence-corrected chi connectivity index (χ1v) is 4.05. The van der Waals surface area contributed by atoms with Crippen molar-refractivity contribution in [2.75, 3.05) is 7.11 Å². The third kappa shape index (κ3) is 2.29. The van der Waals surface area contributed by atoms with Gasteiger partial charge >= 0.3 is 5.97 Å². The number of carbonyl (C=O) groups is 1. The Balaban J connectivity index is 2.83. The summed E-state index contributed by atoms with van der Waals surface area (Å²) in [6.07, 6.45) is 0. The van der Waals surface area contributed by atoms with Gasteiger partial charge in [0.05, 0.1) is 7.11 Å². The first-order valence-electron chi connectivity index (χ1n) is 4.05. The predicted octanol–water partition coefficient (Wildman–Crippen LogP) is 1.17. The van der Waals surface area contributed by atoms with E-state index in [0.29, 0.717) is 0 Å². The van der Waals surface area contributed by atoms with Crippen LogP contribution in [0.1, 0.15) is 17.2 Å². The number of hydrogen-bond donors (Lipinski definition) is 1. The van der Waals surface area contributed by atoms with Crippen LogP contribution in [0.5, 0.6) is 0 Å². The third-order valence-electron chi connectivity index (χ3n) is 1.89. The number of aryl methyl sites for hydroxylation is 1. The molecule has 0 aromatic heterocycles. The highest BCUT2D eigenvalue weighted by molar-refractivity contribution is 5.77. The number of nitrogens with two attached hydrogens (primary N) is 1. The van der Waals surface area contributed by atoms with Gasteiger partial charge in [-0.15, -0.1) is 0 Å². The second kappa shape index (κ2) is 4.05. The van der Waals surface area contributed by atoms with E-state index in [9.17, 15) is 4.79 Å². The summed E-state index contributed by atoms with van der Waals surface area (Å²) in [6, 6.07) is 6.81. The quantitative estimate of drug-likeness (QED) is 0.693. The number of rotatable bonds is 2. The van der Waals surface area contributed by atoms with Gasteiger partial charge < -0.3 is 10.5 Å². The fraction of sp³-hybridized carbons (Fsp3) is 0.300. The van der Waals surface area contributed by atoms with E-state index in [1.54, 1.807) is 0 Å². The molecule has 1 aromatic carbocycles. The molecule has 0 aliphatic heterocycles. The molecule has 2 N–H and O–H groups in total. The van der Waals surface area contributed by atoms with E-state index in [1.807, 2.05) is 31.2 Å². The Hall–Kier alpha value is -1.35. The Kier molecular flexibility index (Phi) is 3.03. The molecule has 3 heteroatoms. The van der Waals surface area contributed by atoms with Crippen LogP contribution in [0.3, 0.4) is 0 Å². The second-order valence-corrected chi connectivity index (χ2v) is 2.91. The molecule has 13 heavy (non-hydrogen) atoms. The minimum atomic E-state index is -0.675. The molecule has 0 amide bonds. The first-order chi connectivity index (χ1) is 6.15. The summed E-state index contributed by atoms with van der Waals surface area (Å²) >= 11 is 0. The van der Waals surface area contributed by atoms with Crippen LogP contribution in [0.25, 0.3) is 0 Å². The lowest BCUT2D eigenvalue weighted by Crippen LogP contribution is -2.22. The van der Waals surface area contributed by atoms with Gasteiger partial charge in [-0.3, -0.25) is 4.79 Å². The second-order valence-electron chi connectivity index (χ2n) is 2.91. The Bertz CT molecular complexity index is 292. The topological polar surface area (TPSA) is 52.3 Å². The summed E-state index contributed by atoms with van der Waals surface area (Å²) < 4.78 is 4.53. The summed E-state index contributed by atoms with van der Waals surface area (Å²) in [5, 5.41) is 0. The highest BCUT2D eigenvalue weighted by atomic mass is 16.5. The van der Waals surface area contributed by atoms with Gasteiger partial charge in [0.2, 0.25) is 0 Å². The molecule has 1 aromatic rings. The van der Waals surface area contributed by atoms with E-state index in [0.717, 1.165) is 11.1 Å². The first kappa shape index (κ1) is 9.74. The van der Waals surface area contributed by atoms with Crippen molar-refractivity contribution in [1.29, 1.82) is 0 Å². The Labute approximate surface area is 77.5 Å². The van der Waals surface area contributed by atoms with E-state index in [2.05, 4.69) is 4.74 Å². The van der Waals surface area contributed by atoms with Crippen LogP contribution in [0.15, 0.2) is 24.3 Å². The fourth-order valence-electron chi connectivity index (χ4n) is 1.04. The number of esters is 1. The highest BCUT2D eigenvalue weighted by Gasteiger charge is 2.15. The van der Waals surface area contributed by atoms with Crippen LogP contribution >= 0.6 is 0 Å². The number of methoxy groups -OCH3 is 1. The van der Waals surface area contributed by atoms with Gasteiger partial charge in [-0.2, -0.15) is 0 Å². The smallest absolute Gasteiger partial charge is 0.327 e. The van der Waals surface area contributed by atoms with Crippen LogP contribution in [-0.2, 0) is 9.53 Å². The molecule has 0 radical (unpaired) electrons. The molecule has 0 fully saturated rings. The maximum absolute atomic E-state index is 11.0. The predicted molar refractivity (Wildman–Crippen MR) is 50.1 cm³/mol. The summed E-state index contributed by atoms with van der Waals surface area (Å²) in [5.74, 6) is -0.413. The largest absolute Gasteiger partial charge is 0.468 e. The lowest BCUT2D eigenvalue weighted by atomic mass is 10.1. The molecule has 0 heterocycles. The zero-order valence-electron chi connectivity index (χ0n) is 7.78. The zero-order chi connectivity index (χ0) is 9.84. The summed E-state index contributed by atoms with van der Waals surface area (Å²) in [7, 11) is 1.33. The maximum atomic E-state index is 11.0. The molecule has 1 rings (SSSR count). The van der Waals surface area contributed by atoms with Crippen molar-refractivity contribution in [2.45, 2.75) is 13.0 Å². The molecule has 0 bridgehead atoms. The average molecular weight is 179 g/mol. The lowest BCUT2D eigenvalue weighted by Gasteiger charge is -2.09. The molecule has 70 valence electrons. The fourth-order valence-corrected chi connectivity index (χ4v) is 1.04. The minimum Gasteiger partial charge on any atom is -0.468 e. The van der Waals surface area contributed by atoms with E-state index in [4.69, 9.17) is 5.73 Å². The molecular formula is C10H13NO2. The average Bonchev–Trinajstić information content (AvgIpc) is 2.17.